The molecule has 37 heavy (non-hydrogen) atoms. The molecule has 0 fully saturated rings. The number of carboxylic acids is 1. The molecule has 0 amide bonds. The molecule has 4 nitrogen and oxygen atoms in total. The van der Waals surface area contributed by atoms with Crippen molar-refractivity contribution in [2.45, 2.75) is 200 Å². The minimum Gasteiger partial charge on any atom is -0.481 e. The van der Waals surface area contributed by atoms with Gasteiger partial charge in [0.2, 0.25) is 0 Å². The summed E-state index contributed by atoms with van der Waals surface area (Å²) >= 11 is 0. The summed E-state index contributed by atoms with van der Waals surface area (Å²) in [4.78, 5) is 23.1. The van der Waals surface area contributed by atoms with Gasteiger partial charge in [0.1, 0.15) is 6.10 Å². The van der Waals surface area contributed by atoms with Gasteiger partial charge in [-0.15, -0.1) is 0 Å². The molecular formula is C33H64O4. The Kier molecular flexibility index (Phi) is 28.7. The fourth-order valence-corrected chi connectivity index (χ4v) is 5.13. The number of rotatable bonds is 30. The SMILES string of the molecule is CCCCCCCCCCCCCCCCCCCC(=O)OC(CCCCCC)CCCCCC(=O)O. The molecule has 0 aliphatic rings. The average Bonchev–Trinajstić information content (AvgIpc) is 2.87. The number of ether oxygens (including phenoxy) is 1. The van der Waals surface area contributed by atoms with Crippen LogP contribution in [0.25, 0.3) is 0 Å². The molecule has 0 saturated carbocycles. The maximum Gasteiger partial charge on any atom is 0.306 e. The highest BCUT2D eigenvalue weighted by Crippen LogP contribution is 2.18. The summed E-state index contributed by atoms with van der Waals surface area (Å²) in [6, 6.07) is 0. The van der Waals surface area contributed by atoms with Gasteiger partial charge in [0, 0.05) is 12.8 Å². The second kappa shape index (κ2) is 29.5. The summed E-state index contributed by atoms with van der Waals surface area (Å²) in [6.45, 7) is 4.49. The van der Waals surface area contributed by atoms with E-state index >= 15 is 0 Å². The van der Waals surface area contributed by atoms with E-state index < -0.39 is 5.97 Å². The fraction of sp³-hybridized carbons (Fsp3) is 0.939. The molecule has 0 aliphatic heterocycles. The number of hydrogen-bond acceptors (Lipinski definition) is 3. The van der Waals surface area contributed by atoms with E-state index in [9.17, 15) is 9.59 Å². The lowest BCUT2D eigenvalue weighted by atomic mass is 10.0. The van der Waals surface area contributed by atoms with Gasteiger partial charge in [-0.3, -0.25) is 9.59 Å². The van der Waals surface area contributed by atoms with Gasteiger partial charge in [-0.2, -0.15) is 0 Å². The van der Waals surface area contributed by atoms with E-state index in [2.05, 4.69) is 13.8 Å². The molecule has 1 unspecified atom stereocenters. The van der Waals surface area contributed by atoms with Crippen molar-refractivity contribution in [3.05, 3.63) is 0 Å². The summed E-state index contributed by atoms with van der Waals surface area (Å²) in [5, 5.41) is 8.78. The Balaban J connectivity index is 3.65. The van der Waals surface area contributed by atoms with Gasteiger partial charge in [0.25, 0.3) is 0 Å². The number of hydrogen-bond donors (Lipinski definition) is 1. The Hall–Kier alpha value is -1.06. The first-order chi connectivity index (χ1) is 18.1. The van der Waals surface area contributed by atoms with Gasteiger partial charge in [-0.25, -0.2) is 0 Å². The van der Waals surface area contributed by atoms with Crippen LogP contribution >= 0.6 is 0 Å². The molecule has 4 heteroatoms. The van der Waals surface area contributed by atoms with Crippen molar-refractivity contribution in [3.8, 4) is 0 Å². The summed E-state index contributed by atoms with van der Waals surface area (Å²) in [7, 11) is 0. The molecular weight excluding hydrogens is 460 g/mol. The molecule has 0 saturated heterocycles. The van der Waals surface area contributed by atoms with E-state index in [4.69, 9.17) is 9.84 Å². The molecule has 0 rings (SSSR count). The lowest BCUT2D eigenvalue weighted by Gasteiger charge is -2.18. The van der Waals surface area contributed by atoms with E-state index in [-0.39, 0.29) is 18.5 Å². The number of aliphatic carboxylic acids is 1. The van der Waals surface area contributed by atoms with Gasteiger partial charge in [-0.1, -0.05) is 142 Å². The van der Waals surface area contributed by atoms with Crippen molar-refractivity contribution >= 4 is 11.9 Å². The topological polar surface area (TPSA) is 63.6 Å². The highest BCUT2D eigenvalue weighted by Gasteiger charge is 2.14. The van der Waals surface area contributed by atoms with Gasteiger partial charge >= 0.3 is 11.9 Å². The Bertz CT molecular complexity index is 491. The van der Waals surface area contributed by atoms with Gasteiger partial charge in [0.15, 0.2) is 0 Å². The predicted molar refractivity (Wildman–Crippen MR) is 158 cm³/mol. The molecule has 1 atom stereocenters. The molecule has 220 valence electrons. The van der Waals surface area contributed by atoms with Crippen molar-refractivity contribution in [2.24, 2.45) is 0 Å². The van der Waals surface area contributed by atoms with Crippen LogP contribution in [0.15, 0.2) is 0 Å². The van der Waals surface area contributed by atoms with Crippen LogP contribution in [0.1, 0.15) is 194 Å². The molecule has 0 aliphatic carbocycles. The average molecular weight is 525 g/mol. The van der Waals surface area contributed by atoms with E-state index in [0.29, 0.717) is 12.8 Å². The third-order valence-electron chi connectivity index (χ3n) is 7.58. The first-order valence-corrected chi connectivity index (χ1v) is 16.5. The minimum atomic E-state index is -0.725. The van der Waals surface area contributed by atoms with Crippen molar-refractivity contribution < 1.29 is 19.4 Å². The fourth-order valence-electron chi connectivity index (χ4n) is 5.13. The Morgan fingerprint density at radius 2 is 0.811 bits per heavy atom. The van der Waals surface area contributed by atoms with E-state index in [1.807, 2.05) is 0 Å². The highest BCUT2D eigenvalue weighted by molar-refractivity contribution is 5.69. The standard InChI is InChI=1S/C33H64O4/c1-3-5-7-9-10-11-12-13-14-15-16-17-18-19-20-21-26-30-33(36)37-31(27-23-8-6-4-2)28-24-22-25-29-32(34)35/h31H,3-30H2,1-2H3,(H,34,35). The second-order valence-corrected chi connectivity index (χ2v) is 11.4. The number of carboxylic acid groups (broad SMARTS) is 1. The van der Waals surface area contributed by atoms with Crippen LogP contribution in [-0.4, -0.2) is 23.1 Å². The van der Waals surface area contributed by atoms with Crippen LogP contribution in [0, 0.1) is 0 Å². The van der Waals surface area contributed by atoms with Crippen LogP contribution in [0.4, 0.5) is 0 Å². The zero-order chi connectivity index (χ0) is 27.2. The Morgan fingerprint density at radius 1 is 0.486 bits per heavy atom. The largest absolute Gasteiger partial charge is 0.481 e. The monoisotopic (exact) mass is 524 g/mol. The quantitative estimate of drug-likeness (QED) is 0.0749. The molecule has 0 bridgehead atoms. The van der Waals surface area contributed by atoms with Crippen molar-refractivity contribution in [1.29, 1.82) is 0 Å². The van der Waals surface area contributed by atoms with E-state index in [1.165, 1.54) is 116 Å². The molecule has 0 spiro atoms. The zero-order valence-electron chi connectivity index (χ0n) is 25.0. The summed E-state index contributed by atoms with van der Waals surface area (Å²) in [6.07, 6.45) is 32.8. The molecule has 0 aromatic carbocycles. The van der Waals surface area contributed by atoms with Crippen LogP contribution in [0.2, 0.25) is 0 Å². The van der Waals surface area contributed by atoms with E-state index in [0.717, 1.165) is 44.9 Å². The lowest BCUT2D eigenvalue weighted by Crippen LogP contribution is -2.18. The van der Waals surface area contributed by atoms with Crippen molar-refractivity contribution in [2.75, 3.05) is 0 Å². The first kappa shape index (κ1) is 35.9. The number of carbonyl (C=O) groups excluding carboxylic acids is 1. The zero-order valence-corrected chi connectivity index (χ0v) is 25.0. The predicted octanol–water partition coefficient (Wildman–Crippen LogP) is 10.9. The second-order valence-electron chi connectivity index (χ2n) is 11.4. The summed E-state index contributed by atoms with van der Waals surface area (Å²) in [5.74, 6) is -0.761. The molecule has 1 N–H and O–H groups in total. The number of esters is 1. The Labute approximate surface area is 231 Å². The molecule has 0 aromatic rings. The summed E-state index contributed by atoms with van der Waals surface area (Å²) in [5.41, 5.74) is 0. The van der Waals surface area contributed by atoms with E-state index in [1.54, 1.807) is 0 Å². The molecule has 0 aromatic heterocycles. The third kappa shape index (κ3) is 29.4. The molecule has 0 heterocycles. The van der Waals surface area contributed by atoms with Crippen molar-refractivity contribution in [1.82, 2.24) is 0 Å². The smallest absolute Gasteiger partial charge is 0.306 e. The van der Waals surface area contributed by atoms with Crippen LogP contribution < -0.4 is 0 Å². The lowest BCUT2D eigenvalue weighted by molar-refractivity contribution is -0.150. The third-order valence-corrected chi connectivity index (χ3v) is 7.58. The first-order valence-electron chi connectivity index (χ1n) is 16.5. The van der Waals surface area contributed by atoms with Gasteiger partial charge < -0.3 is 9.84 Å². The maximum absolute atomic E-state index is 12.4. The number of unbranched alkanes of at least 4 members (excludes halogenated alkanes) is 21. The number of carbonyl (C=O) groups is 2. The van der Waals surface area contributed by atoms with Crippen LogP contribution in [0.5, 0.6) is 0 Å². The van der Waals surface area contributed by atoms with Crippen LogP contribution in [-0.2, 0) is 14.3 Å². The van der Waals surface area contributed by atoms with Crippen molar-refractivity contribution in [3.63, 3.8) is 0 Å². The normalized spacial score (nSPS) is 12.1. The summed E-state index contributed by atoms with van der Waals surface area (Å²) < 4.78 is 5.83. The van der Waals surface area contributed by atoms with Gasteiger partial charge in [0.05, 0.1) is 0 Å². The van der Waals surface area contributed by atoms with Crippen LogP contribution in [0.3, 0.4) is 0 Å². The maximum atomic E-state index is 12.4. The molecule has 0 radical (unpaired) electrons. The highest BCUT2D eigenvalue weighted by atomic mass is 16.5. The minimum absolute atomic E-state index is 0.0139. The van der Waals surface area contributed by atoms with Gasteiger partial charge in [-0.05, 0) is 38.5 Å². The Morgan fingerprint density at radius 3 is 1.22 bits per heavy atom.